The number of hydrogen-bond donors (Lipinski definition) is 0. The van der Waals surface area contributed by atoms with Crippen LogP contribution in [0.5, 0.6) is 5.88 Å². The number of pyridine rings is 2. The highest BCUT2D eigenvalue weighted by Gasteiger charge is 2.37. The zero-order chi connectivity index (χ0) is 23.5. The number of aromatic nitrogens is 2. The summed E-state index contributed by atoms with van der Waals surface area (Å²) >= 11 is 0. The van der Waals surface area contributed by atoms with Crippen molar-refractivity contribution in [2.75, 3.05) is 7.11 Å². The van der Waals surface area contributed by atoms with Gasteiger partial charge >= 0.3 is 12.4 Å². The van der Waals surface area contributed by atoms with Crippen molar-refractivity contribution in [2.45, 2.75) is 24.7 Å². The lowest BCUT2D eigenvalue weighted by molar-refractivity contribution is -0.139. The van der Waals surface area contributed by atoms with Crippen LogP contribution >= 0.6 is 0 Å². The zero-order valence-electron chi connectivity index (χ0n) is 16.5. The molecule has 10 heteroatoms. The average Bonchev–Trinajstić information content (AvgIpc) is 2.76. The molecular weight excluding hydrogens is 438 g/mol. The second-order valence-corrected chi connectivity index (χ2v) is 6.80. The maximum Gasteiger partial charge on any atom is 0.418 e. The van der Waals surface area contributed by atoms with Crippen molar-refractivity contribution >= 4 is 5.78 Å². The molecule has 0 saturated heterocycles. The number of ketones is 1. The molecule has 2 heterocycles. The third kappa shape index (κ3) is 5.24. The molecule has 168 valence electrons. The van der Waals surface area contributed by atoms with Crippen LogP contribution in [0.25, 0.3) is 0 Å². The quantitative estimate of drug-likeness (QED) is 0.342. The maximum atomic E-state index is 13.6. The third-order valence-corrected chi connectivity index (χ3v) is 4.72. The van der Waals surface area contributed by atoms with E-state index in [4.69, 9.17) is 4.74 Å². The molecule has 4 nitrogen and oxygen atoms in total. The van der Waals surface area contributed by atoms with Gasteiger partial charge in [-0.1, -0.05) is 18.2 Å². The van der Waals surface area contributed by atoms with Gasteiger partial charge in [-0.2, -0.15) is 26.3 Å². The van der Waals surface area contributed by atoms with Gasteiger partial charge in [-0.25, -0.2) is 4.98 Å². The number of carbonyl (C=O) groups excluding carboxylic acids is 1. The van der Waals surface area contributed by atoms with Gasteiger partial charge < -0.3 is 4.74 Å². The fraction of sp³-hybridized carbons (Fsp3) is 0.227. The Kier molecular flexibility index (Phi) is 6.52. The molecule has 0 aliphatic carbocycles. The molecule has 32 heavy (non-hydrogen) atoms. The van der Waals surface area contributed by atoms with Crippen LogP contribution < -0.4 is 4.74 Å². The number of rotatable bonds is 6. The van der Waals surface area contributed by atoms with E-state index in [2.05, 4.69) is 9.97 Å². The van der Waals surface area contributed by atoms with E-state index in [-0.39, 0.29) is 17.1 Å². The van der Waals surface area contributed by atoms with Gasteiger partial charge in [0, 0.05) is 24.6 Å². The number of carbonyl (C=O) groups is 1. The van der Waals surface area contributed by atoms with Crippen LogP contribution in [0.1, 0.15) is 45.2 Å². The van der Waals surface area contributed by atoms with Crippen LogP contribution in [-0.4, -0.2) is 22.9 Å². The first kappa shape index (κ1) is 23.2. The van der Waals surface area contributed by atoms with E-state index >= 15 is 0 Å². The first-order valence-electron chi connectivity index (χ1n) is 9.24. The lowest BCUT2D eigenvalue weighted by Crippen LogP contribution is -2.18. The van der Waals surface area contributed by atoms with E-state index in [1.165, 1.54) is 25.3 Å². The van der Waals surface area contributed by atoms with E-state index in [0.717, 1.165) is 42.6 Å². The first-order chi connectivity index (χ1) is 15.0. The van der Waals surface area contributed by atoms with E-state index in [1.807, 2.05) is 0 Å². The second-order valence-electron chi connectivity index (χ2n) is 6.80. The number of alkyl halides is 6. The molecule has 0 saturated carbocycles. The van der Waals surface area contributed by atoms with Crippen LogP contribution in [-0.2, 0) is 12.4 Å². The molecule has 0 N–H and O–H groups in total. The number of hydrogen-bond acceptors (Lipinski definition) is 4. The number of methoxy groups -OCH3 is 1. The second kappa shape index (κ2) is 8.97. The normalized spacial score (nSPS) is 13.0. The van der Waals surface area contributed by atoms with Crippen molar-refractivity contribution in [3.8, 4) is 5.88 Å². The van der Waals surface area contributed by atoms with Crippen molar-refractivity contribution in [2.24, 2.45) is 0 Å². The molecule has 0 unspecified atom stereocenters. The molecule has 0 radical (unpaired) electrons. The molecule has 1 atom stereocenters. The Morgan fingerprint density at radius 3 is 2.22 bits per heavy atom. The van der Waals surface area contributed by atoms with Gasteiger partial charge in [-0.05, 0) is 35.9 Å². The average molecular weight is 454 g/mol. The molecule has 3 rings (SSSR count). The summed E-state index contributed by atoms with van der Waals surface area (Å²) in [5.74, 6) is -1.74. The molecule has 0 amide bonds. The SMILES string of the molecule is COc1cccc(C(=O)C[C@@H](c2ccc(C(F)(F)F)cc2)c2ncccc2C(F)(F)F)n1. The van der Waals surface area contributed by atoms with Crippen LogP contribution in [0, 0.1) is 0 Å². The van der Waals surface area contributed by atoms with Crippen molar-refractivity contribution in [3.63, 3.8) is 0 Å². The summed E-state index contributed by atoms with van der Waals surface area (Å²) in [6.07, 6.45) is -8.75. The fourth-order valence-corrected chi connectivity index (χ4v) is 3.19. The van der Waals surface area contributed by atoms with Gasteiger partial charge in [0.25, 0.3) is 0 Å². The molecule has 2 aromatic heterocycles. The predicted octanol–water partition coefficient (Wildman–Crippen LogP) is 5.93. The maximum absolute atomic E-state index is 13.6. The smallest absolute Gasteiger partial charge is 0.418 e. The highest BCUT2D eigenvalue weighted by Crippen LogP contribution is 2.39. The van der Waals surface area contributed by atoms with Gasteiger partial charge in [0.2, 0.25) is 5.88 Å². The molecular formula is C22H16F6N2O2. The van der Waals surface area contributed by atoms with Crippen molar-refractivity contribution in [1.82, 2.24) is 9.97 Å². The first-order valence-corrected chi connectivity index (χ1v) is 9.24. The van der Waals surface area contributed by atoms with E-state index in [1.54, 1.807) is 0 Å². The molecule has 3 aromatic rings. The fourth-order valence-electron chi connectivity index (χ4n) is 3.19. The highest BCUT2D eigenvalue weighted by molar-refractivity contribution is 5.95. The summed E-state index contributed by atoms with van der Waals surface area (Å²) in [6.45, 7) is 0. The minimum atomic E-state index is -4.77. The highest BCUT2D eigenvalue weighted by atomic mass is 19.4. The minimum absolute atomic E-state index is 0.0502. The summed E-state index contributed by atoms with van der Waals surface area (Å²) in [7, 11) is 1.34. The Balaban J connectivity index is 2.07. The largest absolute Gasteiger partial charge is 0.481 e. The van der Waals surface area contributed by atoms with Crippen LogP contribution in [0.3, 0.4) is 0 Å². The Labute approximate surface area is 178 Å². The summed E-state index contributed by atoms with van der Waals surface area (Å²) < 4.78 is 84.6. The Bertz CT molecular complexity index is 1090. The zero-order valence-corrected chi connectivity index (χ0v) is 16.5. The Morgan fingerprint density at radius 1 is 0.938 bits per heavy atom. The predicted molar refractivity (Wildman–Crippen MR) is 102 cm³/mol. The van der Waals surface area contributed by atoms with Crippen LogP contribution in [0.15, 0.2) is 60.8 Å². The van der Waals surface area contributed by atoms with E-state index < -0.39 is 47.3 Å². The summed E-state index contributed by atoms with van der Waals surface area (Å²) in [6, 6.07) is 9.88. The van der Waals surface area contributed by atoms with Crippen molar-refractivity contribution in [1.29, 1.82) is 0 Å². The third-order valence-electron chi connectivity index (χ3n) is 4.72. The number of benzene rings is 1. The molecule has 1 aromatic carbocycles. The summed E-state index contributed by atoms with van der Waals surface area (Å²) in [5, 5.41) is 0. The summed E-state index contributed by atoms with van der Waals surface area (Å²) in [4.78, 5) is 20.7. The van der Waals surface area contributed by atoms with E-state index in [9.17, 15) is 31.1 Å². The topological polar surface area (TPSA) is 52.1 Å². The molecule has 0 fully saturated rings. The molecule has 0 aliphatic rings. The number of halogens is 6. The number of ether oxygens (including phenoxy) is 1. The van der Waals surface area contributed by atoms with E-state index in [0.29, 0.717) is 0 Å². The Morgan fingerprint density at radius 2 is 1.62 bits per heavy atom. The standard InChI is InChI=1S/C22H16F6N2O2/c1-32-19-6-2-5-17(30-19)18(31)12-15(13-7-9-14(10-8-13)21(23,24)25)20-16(22(26,27)28)4-3-11-29-20/h2-11,15H,12H2,1H3/t15-/m0/s1. The van der Waals surface area contributed by atoms with Crippen molar-refractivity contribution in [3.05, 3.63) is 88.9 Å². The summed E-state index contributed by atoms with van der Waals surface area (Å²) in [5.41, 5.74) is -2.46. The van der Waals surface area contributed by atoms with Gasteiger partial charge in [0.15, 0.2) is 5.78 Å². The van der Waals surface area contributed by atoms with Crippen LogP contribution in [0.2, 0.25) is 0 Å². The van der Waals surface area contributed by atoms with Crippen molar-refractivity contribution < 1.29 is 35.9 Å². The Hall–Kier alpha value is -3.43. The molecule has 0 bridgehead atoms. The monoisotopic (exact) mass is 454 g/mol. The van der Waals surface area contributed by atoms with Gasteiger partial charge in [0.05, 0.1) is 23.9 Å². The molecule has 0 aliphatic heterocycles. The lowest BCUT2D eigenvalue weighted by atomic mass is 9.86. The van der Waals surface area contributed by atoms with Gasteiger partial charge in [0.1, 0.15) is 5.69 Å². The number of nitrogens with zero attached hydrogens (tertiary/aromatic N) is 2. The van der Waals surface area contributed by atoms with Crippen LogP contribution in [0.4, 0.5) is 26.3 Å². The lowest BCUT2D eigenvalue weighted by Gasteiger charge is -2.21. The van der Waals surface area contributed by atoms with Gasteiger partial charge in [-0.15, -0.1) is 0 Å². The minimum Gasteiger partial charge on any atom is -0.481 e. The molecule has 0 spiro atoms. The number of Topliss-reactive ketones (excluding diaryl/α,β-unsaturated/α-hetero) is 1. The van der Waals surface area contributed by atoms with Gasteiger partial charge in [-0.3, -0.25) is 9.78 Å².